The van der Waals surface area contributed by atoms with Crippen LogP contribution in [0.15, 0.2) is 30.3 Å². The molecule has 140 valence electrons. The van der Waals surface area contributed by atoms with E-state index in [9.17, 15) is 18.0 Å². The van der Waals surface area contributed by atoms with E-state index in [4.69, 9.17) is 0 Å². The van der Waals surface area contributed by atoms with E-state index >= 15 is 0 Å². The zero-order valence-electron chi connectivity index (χ0n) is 13.4. The highest BCUT2D eigenvalue weighted by molar-refractivity contribution is 5.85. The van der Waals surface area contributed by atoms with Crippen LogP contribution < -0.4 is 16.0 Å². The normalized spacial score (nSPS) is 11.8. The van der Waals surface area contributed by atoms with Crippen molar-refractivity contribution in [2.75, 3.05) is 26.2 Å². The highest BCUT2D eigenvalue weighted by Gasteiger charge is 2.40. The minimum absolute atomic E-state index is 0. The van der Waals surface area contributed by atoms with E-state index in [0.717, 1.165) is 13.0 Å². The predicted molar refractivity (Wildman–Crippen MR) is 93.9 cm³/mol. The summed E-state index contributed by atoms with van der Waals surface area (Å²) in [6, 6.07) is 5.64. The summed E-state index contributed by atoms with van der Waals surface area (Å²) in [6.45, 7) is 3.48. The number of alkyl halides is 3. The van der Waals surface area contributed by atoms with Gasteiger partial charge in [0.1, 0.15) is 6.04 Å². The van der Waals surface area contributed by atoms with E-state index in [2.05, 4.69) is 16.0 Å². The number of nitrogens with one attached hydrogen (secondary N) is 3. The number of carbonyl (C=O) groups excluding carboxylic acids is 1. The summed E-state index contributed by atoms with van der Waals surface area (Å²) in [7, 11) is 0. The van der Waals surface area contributed by atoms with Crippen molar-refractivity contribution in [1.29, 1.82) is 0 Å². The molecule has 24 heavy (non-hydrogen) atoms. The molecule has 4 nitrogen and oxygen atoms in total. The fourth-order valence-corrected chi connectivity index (χ4v) is 1.92. The standard InChI is InChI=1S/C15H22F3N3O.2ClH/c1-2-8-19-9-10-20-13(22)11-21-14(15(16,17)18)12-6-4-3-5-7-12;;/h3-7,14,19,21H,2,8-11H2,1H3,(H,20,22);2*1H. The third kappa shape index (κ3) is 9.97. The van der Waals surface area contributed by atoms with Gasteiger partial charge in [-0.25, -0.2) is 0 Å². The number of rotatable bonds is 9. The minimum atomic E-state index is -4.45. The van der Waals surface area contributed by atoms with Crippen molar-refractivity contribution in [3.8, 4) is 0 Å². The Hall–Kier alpha value is -1.02. The molecule has 1 amide bonds. The molecule has 0 aliphatic rings. The Bertz CT molecular complexity index is 447. The molecular weight excluding hydrogens is 366 g/mol. The molecule has 1 atom stereocenters. The molecule has 0 radical (unpaired) electrons. The molecule has 1 aromatic carbocycles. The van der Waals surface area contributed by atoms with Crippen LogP contribution in [0.1, 0.15) is 24.9 Å². The van der Waals surface area contributed by atoms with E-state index in [1.807, 2.05) is 6.92 Å². The Labute approximate surface area is 152 Å². The van der Waals surface area contributed by atoms with Gasteiger partial charge in [-0.2, -0.15) is 13.2 Å². The molecule has 0 spiro atoms. The van der Waals surface area contributed by atoms with Crippen LogP contribution >= 0.6 is 24.8 Å². The Morgan fingerprint density at radius 3 is 2.25 bits per heavy atom. The van der Waals surface area contributed by atoms with Crippen molar-refractivity contribution in [2.24, 2.45) is 0 Å². The van der Waals surface area contributed by atoms with Gasteiger partial charge in [-0.05, 0) is 18.5 Å². The van der Waals surface area contributed by atoms with Crippen LogP contribution in [0.2, 0.25) is 0 Å². The lowest BCUT2D eigenvalue weighted by Gasteiger charge is -2.21. The van der Waals surface area contributed by atoms with Crippen molar-refractivity contribution in [3.63, 3.8) is 0 Å². The Morgan fingerprint density at radius 1 is 1.08 bits per heavy atom. The molecule has 0 heterocycles. The Morgan fingerprint density at radius 2 is 1.71 bits per heavy atom. The zero-order valence-corrected chi connectivity index (χ0v) is 15.0. The number of benzene rings is 1. The van der Waals surface area contributed by atoms with Crippen LogP contribution in [0.5, 0.6) is 0 Å². The average Bonchev–Trinajstić information content (AvgIpc) is 2.47. The molecule has 1 rings (SSSR count). The number of amides is 1. The van der Waals surface area contributed by atoms with Crippen LogP contribution in [0.4, 0.5) is 13.2 Å². The summed E-state index contributed by atoms with van der Waals surface area (Å²) < 4.78 is 39.1. The van der Waals surface area contributed by atoms with E-state index < -0.39 is 18.1 Å². The SMILES string of the molecule is CCCNCCNC(=O)CNC(c1ccccc1)C(F)(F)F.Cl.Cl. The van der Waals surface area contributed by atoms with Gasteiger partial charge in [0, 0.05) is 13.1 Å². The zero-order chi connectivity index (χ0) is 16.4. The van der Waals surface area contributed by atoms with E-state index in [1.165, 1.54) is 24.3 Å². The van der Waals surface area contributed by atoms with Crippen LogP contribution in [-0.2, 0) is 4.79 Å². The van der Waals surface area contributed by atoms with Gasteiger partial charge in [-0.15, -0.1) is 24.8 Å². The first-order valence-corrected chi connectivity index (χ1v) is 7.27. The third-order valence-corrected chi connectivity index (χ3v) is 2.98. The summed E-state index contributed by atoms with van der Waals surface area (Å²) in [5.41, 5.74) is 0.0902. The van der Waals surface area contributed by atoms with Gasteiger partial charge in [0.05, 0.1) is 6.54 Å². The van der Waals surface area contributed by atoms with Gasteiger partial charge in [0.25, 0.3) is 0 Å². The first-order valence-electron chi connectivity index (χ1n) is 7.27. The monoisotopic (exact) mass is 389 g/mol. The fraction of sp³-hybridized carbons (Fsp3) is 0.533. The van der Waals surface area contributed by atoms with Crippen molar-refractivity contribution >= 4 is 30.7 Å². The summed E-state index contributed by atoms with van der Waals surface area (Å²) in [4.78, 5) is 11.6. The molecule has 0 saturated carbocycles. The lowest BCUT2D eigenvalue weighted by molar-refractivity contribution is -0.158. The Kier molecular flexibility index (Phi) is 14.0. The largest absolute Gasteiger partial charge is 0.407 e. The molecule has 1 unspecified atom stereocenters. The molecule has 0 aliphatic heterocycles. The van der Waals surface area contributed by atoms with Crippen LogP contribution in [0, 0.1) is 0 Å². The maximum atomic E-state index is 13.0. The smallest absolute Gasteiger partial charge is 0.354 e. The van der Waals surface area contributed by atoms with Crippen LogP contribution in [0.25, 0.3) is 0 Å². The minimum Gasteiger partial charge on any atom is -0.354 e. The molecule has 1 aromatic rings. The van der Waals surface area contributed by atoms with Crippen LogP contribution in [-0.4, -0.2) is 38.3 Å². The number of carbonyl (C=O) groups is 1. The lowest BCUT2D eigenvalue weighted by atomic mass is 10.1. The van der Waals surface area contributed by atoms with Gasteiger partial charge in [-0.1, -0.05) is 37.3 Å². The number of hydrogen-bond acceptors (Lipinski definition) is 3. The first kappa shape index (κ1) is 25.2. The van der Waals surface area contributed by atoms with E-state index in [1.54, 1.807) is 6.07 Å². The topological polar surface area (TPSA) is 53.2 Å². The second-order valence-electron chi connectivity index (χ2n) is 4.87. The summed E-state index contributed by atoms with van der Waals surface area (Å²) >= 11 is 0. The van der Waals surface area contributed by atoms with Crippen molar-refractivity contribution < 1.29 is 18.0 Å². The van der Waals surface area contributed by atoms with Gasteiger partial charge < -0.3 is 10.6 Å². The quantitative estimate of drug-likeness (QED) is 0.569. The molecule has 0 aliphatic carbocycles. The predicted octanol–water partition coefficient (Wildman–Crippen LogP) is 2.84. The average molecular weight is 390 g/mol. The molecular formula is C15H24Cl2F3N3O. The lowest BCUT2D eigenvalue weighted by Crippen LogP contribution is -2.42. The van der Waals surface area contributed by atoms with Crippen LogP contribution in [0.3, 0.4) is 0 Å². The van der Waals surface area contributed by atoms with Crippen molar-refractivity contribution in [1.82, 2.24) is 16.0 Å². The molecule has 9 heteroatoms. The molecule has 0 fully saturated rings. The summed E-state index contributed by atoms with van der Waals surface area (Å²) in [5, 5.41) is 7.93. The second kappa shape index (κ2) is 13.3. The maximum absolute atomic E-state index is 13.0. The molecule has 3 N–H and O–H groups in total. The van der Waals surface area contributed by atoms with E-state index in [-0.39, 0.29) is 36.9 Å². The van der Waals surface area contributed by atoms with Gasteiger partial charge >= 0.3 is 6.18 Å². The summed E-state index contributed by atoms with van der Waals surface area (Å²) in [6.07, 6.45) is -3.47. The number of halogens is 5. The third-order valence-electron chi connectivity index (χ3n) is 2.98. The van der Waals surface area contributed by atoms with Gasteiger partial charge in [-0.3, -0.25) is 10.1 Å². The highest BCUT2D eigenvalue weighted by Crippen LogP contribution is 2.32. The molecule has 0 saturated heterocycles. The van der Waals surface area contributed by atoms with Gasteiger partial charge in [0.2, 0.25) is 5.91 Å². The molecule has 0 aromatic heterocycles. The van der Waals surface area contributed by atoms with Crippen molar-refractivity contribution in [3.05, 3.63) is 35.9 Å². The Balaban J connectivity index is 0. The summed E-state index contributed by atoms with van der Waals surface area (Å²) in [5.74, 6) is -0.455. The fourth-order valence-electron chi connectivity index (χ4n) is 1.92. The van der Waals surface area contributed by atoms with E-state index in [0.29, 0.717) is 13.1 Å². The van der Waals surface area contributed by atoms with Gasteiger partial charge in [0.15, 0.2) is 0 Å². The van der Waals surface area contributed by atoms with Crippen molar-refractivity contribution in [2.45, 2.75) is 25.6 Å². The first-order chi connectivity index (χ1) is 10.4. The molecule has 0 bridgehead atoms. The maximum Gasteiger partial charge on any atom is 0.407 e. The highest BCUT2D eigenvalue weighted by atomic mass is 35.5. The second-order valence-corrected chi connectivity index (χ2v) is 4.87. The number of hydrogen-bond donors (Lipinski definition) is 3.